The Bertz CT molecular complexity index is 514. The predicted molar refractivity (Wildman–Crippen MR) is 59.8 cm³/mol. The molecule has 86 valence electrons. The van der Waals surface area contributed by atoms with Gasteiger partial charge in [-0.25, -0.2) is 9.78 Å². The first-order valence-electron chi connectivity index (χ1n) is 4.97. The van der Waals surface area contributed by atoms with Gasteiger partial charge < -0.3 is 9.84 Å². The number of nitrogens with zero attached hydrogens (tertiary/aromatic N) is 2. The fraction of sp³-hybridized carbons (Fsp3) is 0.0833. The summed E-state index contributed by atoms with van der Waals surface area (Å²) in [7, 11) is 0. The van der Waals surface area contributed by atoms with E-state index in [0.717, 1.165) is 5.56 Å². The molecule has 2 rings (SSSR count). The fourth-order valence-electron chi connectivity index (χ4n) is 1.31. The molecule has 0 fully saturated rings. The van der Waals surface area contributed by atoms with Crippen molar-refractivity contribution in [2.75, 3.05) is 0 Å². The van der Waals surface area contributed by atoms with E-state index in [1.165, 1.54) is 6.20 Å². The summed E-state index contributed by atoms with van der Waals surface area (Å²) in [6.07, 6.45) is 4.74. The van der Waals surface area contributed by atoms with Crippen LogP contribution in [0.4, 0.5) is 0 Å². The Balaban J connectivity index is 2.12. The first-order chi connectivity index (χ1) is 8.27. The second-order valence-electron chi connectivity index (χ2n) is 3.31. The second kappa shape index (κ2) is 5.07. The van der Waals surface area contributed by atoms with Crippen molar-refractivity contribution in [3.8, 4) is 5.75 Å². The summed E-state index contributed by atoms with van der Waals surface area (Å²) in [4.78, 5) is 18.6. The molecule has 0 aliphatic carbocycles. The number of carboxylic acids is 1. The van der Waals surface area contributed by atoms with E-state index in [4.69, 9.17) is 9.84 Å². The van der Waals surface area contributed by atoms with Gasteiger partial charge in [0.2, 0.25) is 0 Å². The van der Waals surface area contributed by atoms with Crippen molar-refractivity contribution in [1.82, 2.24) is 9.97 Å². The number of carboxylic acid groups (broad SMARTS) is 1. The zero-order chi connectivity index (χ0) is 12.1. The van der Waals surface area contributed by atoms with Gasteiger partial charge in [-0.05, 0) is 18.2 Å². The minimum Gasteiger partial charge on any atom is -0.486 e. The van der Waals surface area contributed by atoms with E-state index in [0.29, 0.717) is 0 Å². The standard InChI is InChI=1S/C12H10N2O3/c15-12(16)11-10(4-2-6-14-11)17-8-9-3-1-5-13-7-9/h1-7H,8H2,(H,15,16). The summed E-state index contributed by atoms with van der Waals surface area (Å²) < 4.78 is 5.40. The molecule has 0 unspecified atom stereocenters. The van der Waals surface area contributed by atoms with E-state index < -0.39 is 5.97 Å². The third-order valence-electron chi connectivity index (χ3n) is 2.09. The minimum atomic E-state index is -1.10. The molecule has 0 aliphatic heterocycles. The monoisotopic (exact) mass is 230 g/mol. The lowest BCUT2D eigenvalue weighted by atomic mass is 10.3. The molecule has 0 aliphatic rings. The van der Waals surface area contributed by atoms with E-state index in [9.17, 15) is 4.79 Å². The van der Waals surface area contributed by atoms with Crippen molar-refractivity contribution in [2.24, 2.45) is 0 Å². The van der Waals surface area contributed by atoms with Crippen LogP contribution in [-0.4, -0.2) is 21.0 Å². The quantitative estimate of drug-likeness (QED) is 0.866. The van der Waals surface area contributed by atoms with Crippen molar-refractivity contribution in [3.05, 3.63) is 54.1 Å². The third kappa shape index (κ3) is 2.78. The van der Waals surface area contributed by atoms with Gasteiger partial charge in [0, 0.05) is 24.2 Å². The van der Waals surface area contributed by atoms with E-state index in [2.05, 4.69) is 9.97 Å². The van der Waals surface area contributed by atoms with E-state index in [1.54, 1.807) is 30.6 Å². The molecular weight excluding hydrogens is 220 g/mol. The van der Waals surface area contributed by atoms with Crippen LogP contribution in [-0.2, 0) is 6.61 Å². The molecule has 0 radical (unpaired) electrons. The van der Waals surface area contributed by atoms with Crippen LogP contribution in [0.15, 0.2) is 42.9 Å². The lowest BCUT2D eigenvalue weighted by Crippen LogP contribution is -2.05. The Hall–Kier alpha value is -2.43. The van der Waals surface area contributed by atoms with Gasteiger partial charge in [-0.2, -0.15) is 0 Å². The van der Waals surface area contributed by atoms with Crippen LogP contribution in [0.25, 0.3) is 0 Å². The van der Waals surface area contributed by atoms with Gasteiger partial charge in [0.25, 0.3) is 0 Å². The zero-order valence-corrected chi connectivity index (χ0v) is 8.91. The maximum Gasteiger partial charge on any atom is 0.358 e. The van der Waals surface area contributed by atoms with Gasteiger partial charge in [-0.3, -0.25) is 4.98 Å². The van der Waals surface area contributed by atoms with Crippen LogP contribution >= 0.6 is 0 Å². The first-order valence-corrected chi connectivity index (χ1v) is 4.97. The van der Waals surface area contributed by atoms with Gasteiger partial charge in [0.05, 0.1) is 0 Å². The maximum absolute atomic E-state index is 10.9. The van der Waals surface area contributed by atoms with Gasteiger partial charge in [0.1, 0.15) is 6.61 Å². The Labute approximate surface area is 97.7 Å². The van der Waals surface area contributed by atoms with E-state index in [-0.39, 0.29) is 18.1 Å². The highest BCUT2D eigenvalue weighted by molar-refractivity contribution is 5.88. The molecule has 0 saturated heterocycles. The van der Waals surface area contributed by atoms with Crippen LogP contribution < -0.4 is 4.74 Å². The average molecular weight is 230 g/mol. The zero-order valence-electron chi connectivity index (χ0n) is 8.91. The number of hydrogen-bond acceptors (Lipinski definition) is 4. The molecule has 2 aromatic rings. The predicted octanol–water partition coefficient (Wildman–Crippen LogP) is 1.75. The molecule has 2 aromatic heterocycles. The van der Waals surface area contributed by atoms with Gasteiger partial charge >= 0.3 is 5.97 Å². The molecule has 0 atom stereocenters. The van der Waals surface area contributed by atoms with Crippen LogP contribution in [0.5, 0.6) is 5.75 Å². The molecule has 2 heterocycles. The summed E-state index contributed by atoms with van der Waals surface area (Å²) in [6, 6.07) is 6.85. The Morgan fingerprint density at radius 2 is 2.12 bits per heavy atom. The van der Waals surface area contributed by atoms with Gasteiger partial charge in [0.15, 0.2) is 11.4 Å². The molecule has 17 heavy (non-hydrogen) atoms. The molecule has 0 bridgehead atoms. The number of pyridine rings is 2. The second-order valence-corrected chi connectivity index (χ2v) is 3.31. The number of rotatable bonds is 4. The SMILES string of the molecule is O=C(O)c1ncccc1OCc1cccnc1. The Kier molecular flexibility index (Phi) is 3.30. The third-order valence-corrected chi connectivity index (χ3v) is 2.09. The summed E-state index contributed by atoms with van der Waals surface area (Å²) in [5, 5.41) is 8.91. The van der Waals surface area contributed by atoms with Crippen molar-refractivity contribution < 1.29 is 14.6 Å². The number of aromatic nitrogens is 2. The summed E-state index contributed by atoms with van der Waals surface area (Å²) in [5.74, 6) is -0.851. The molecule has 0 amide bonds. The van der Waals surface area contributed by atoms with Crippen molar-refractivity contribution in [3.63, 3.8) is 0 Å². The minimum absolute atomic E-state index is 0.0867. The number of carbonyl (C=O) groups is 1. The highest BCUT2D eigenvalue weighted by Crippen LogP contribution is 2.16. The lowest BCUT2D eigenvalue weighted by Gasteiger charge is -2.07. The number of hydrogen-bond donors (Lipinski definition) is 1. The molecule has 0 saturated carbocycles. The highest BCUT2D eigenvalue weighted by Gasteiger charge is 2.11. The van der Waals surface area contributed by atoms with Crippen LogP contribution in [0, 0.1) is 0 Å². The van der Waals surface area contributed by atoms with Gasteiger partial charge in [-0.15, -0.1) is 0 Å². The Morgan fingerprint density at radius 3 is 2.82 bits per heavy atom. The van der Waals surface area contributed by atoms with Crippen molar-refractivity contribution >= 4 is 5.97 Å². The van der Waals surface area contributed by atoms with Crippen LogP contribution in [0.2, 0.25) is 0 Å². The fourth-order valence-corrected chi connectivity index (χ4v) is 1.31. The number of aromatic carboxylic acids is 1. The van der Waals surface area contributed by atoms with E-state index in [1.807, 2.05) is 6.07 Å². The van der Waals surface area contributed by atoms with Crippen molar-refractivity contribution in [1.29, 1.82) is 0 Å². The normalized spacial score (nSPS) is 9.88. The number of ether oxygens (including phenoxy) is 1. The first kappa shape index (κ1) is 11.1. The Morgan fingerprint density at radius 1 is 1.29 bits per heavy atom. The average Bonchev–Trinajstić information content (AvgIpc) is 2.38. The summed E-state index contributed by atoms with van der Waals surface area (Å²) in [6.45, 7) is 0.264. The highest BCUT2D eigenvalue weighted by atomic mass is 16.5. The molecule has 5 heteroatoms. The van der Waals surface area contributed by atoms with Crippen molar-refractivity contribution in [2.45, 2.75) is 6.61 Å². The molecule has 0 spiro atoms. The molecule has 0 aromatic carbocycles. The van der Waals surface area contributed by atoms with E-state index >= 15 is 0 Å². The maximum atomic E-state index is 10.9. The lowest BCUT2D eigenvalue weighted by molar-refractivity contribution is 0.0685. The topological polar surface area (TPSA) is 72.3 Å². The molecule has 1 N–H and O–H groups in total. The summed E-state index contributed by atoms with van der Waals surface area (Å²) >= 11 is 0. The molecule has 5 nitrogen and oxygen atoms in total. The summed E-state index contributed by atoms with van der Waals surface area (Å²) in [5.41, 5.74) is 0.782. The van der Waals surface area contributed by atoms with Gasteiger partial charge in [-0.1, -0.05) is 6.07 Å². The van der Waals surface area contributed by atoms with Crippen LogP contribution in [0.3, 0.4) is 0 Å². The largest absolute Gasteiger partial charge is 0.486 e. The molecular formula is C12H10N2O3. The van der Waals surface area contributed by atoms with Crippen LogP contribution in [0.1, 0.15) is 16.1 Å². The smallest absolute Gasteiger partial charge is 0.358 e.